The highest BCUT2D eigenvalue weighted by molar-refractivity contribution is 4.76. The highest BCUT2D eigenvalue weighted by Gasteiger charge is 2.24. The standard InChI is InChI=1S/C12H22.C3H4/c1-3-7-11(8-4-1)12-9-5-2-6-10-12;1-3-2/h11-12H,1-10H2;1-2H2. The Bertz CT molecular complexity index is 158. The number of hydrogen-bond acceptors (Lipinski definition) is 0. The van der Waals surface area contributed by atoms with Crippen LogP contribution in [0.4, 0.5) is 0 Å². The van der Waals surface area contributed by atoms with Crippen molar-refractivity contribution in [2.75, 3.05) is 0 Å². The highest BCUT2D eigenvalue weighted by atomic mass is 14.3. The lowest BCUT2D eigenvalue weighted by atomic mass is 9.73. The van der Waals surface area contributed by atoms with Gasteiger partial charge in [0.1, 0.15) is 0 Å². The van der Waals surface area contributed by atoms with E-state index in [2.05, 4.69) is 18.9 Å². The molecule has 86 valence electrons. The van der Waals surface area contributed by atoms with Crippen LogP contribution in [0, 0.1) is 11.8 Å². The first kappa shape index (κ1) is 12.6. The van der Waals surface area contributed by atoms with Gasteiger partial charge in [-0.3, -0.25) is 0 Å². The molecule has 2 fully saturated rings. The van der Waals surface area contributed by atoms with Gasteiger partial charge in [-0.25, -0.2) is 0 Å². The van der Waals surface area contributed by atoms with Gasteiger partial charge in [-0.15, -0.1) is 5.73 Å². The minimum absolute atomic E-state index is 1.14. The van der Waals surface area contributed by atoms with Crippen LogP contribution in [0.15, 0.2) is 18.9 Å². The van der Waals surface area contributed by atoms with Gasteiger partial charge in [0.2, 0.25) is 0 Å². The molecule has 0 N–H and O–H groups in total. The Morgan fingerprint density at radius 1 is 0.600 bits per heavy atom. The molecule has 0 bridgehead atoms. The molecule has 2 aliphatic carbocycles. The van der Waals surface area contributed by atoms with Crippen LogP contribution in [0.3, 0.4) is 0 Å². The molecule has 0 unspecified atom stereocenters. The van der Waals surface area contributed by atoms with Crippen molar-refractivity contribution >= 4 is 0 Å². The molecular formula is C15H26. The summed E-state index contributed by atoms with van der Waals surface area (Å²) in [6.45, 7) is 6.25. The molecule has 0 heteroatoms. The van der Waals surface area contributed by atoms with Crippen molar-refractivity contribution < 1.29 is 0 Å². The van der Waals surface area contributed by atoms with Crippen LogP contribution in [-0.4, -0.2) is 0 Å². The van der Waals surface area contributed by atoms with E-state index in [-0.39, 0.29) is 0 Å². The molecule has 0 aliphatic heterocycles. The summed E-state index contributed by atoms with van der Waals surface area (Å²) in [7, 11) is 0. The molecule has 0 amide bonds. The van der Waals surface area contributed by atoms with E-state index in [1.807, 2.05) is 0 Å². The Morgan fingerprint density at radius 3 is 1.13 bits per heavy atom. The molecule has 2 saturated carbocycles. The smallest absolute Gasteiger partial charge is 0.0386 e. The van der Waals surface area contributed by atoms with Crippen LogP contribution < -0.4 is 0 Å². The second kappa shape index (κ2) is 7.77. The van der Waals surface area contributed by atoms with Crippen LogP contribution >= 0.6 is 0 Å². The summed E-state index contributed by atoms with van der Waals surface area (Å²) in [5.74, 6) is 2.28. The van der Waals surface area contributed by atoms with E-state index >= 15 is 0 Å². The van der Waals surface area contributed by atoms with Gasteiger partial charge in [-0.05, 0) is 11.8 Å². The van der Waals surface area contributed by atoms with Crippen LogP contribution in [0.1, 0.15) is 64.2 Å². The highest BCUT2D eigenvalue weighted by Crippen LogP contribution is 2.37. The molecule has 2 aliphatic rings. The van der Waals surface area contributed by atoms with E-state index in [4.69, 9.17) is 0 Å². The first-order valence-electron chi connectivity index (χ1n) is 6.67. The molecule has 0 spiro atoms. The summed E-state index contributed by atoms with van der Waals surface area (Å²) in [6.07, 6.45) is 15.4. The van der Waals surface area contributed by atoms with Crippen LogP contribution in [-0.2, 0) is 0 Å². The summed E-state index contributed by atoms with van der Waals surface area (Å²) in [6, 6.07) is 0. The van der Waals surface area contributed by atoms with Gasteiger partial charge in [0, 0.05) is 0 Å². The van der Waals surface area contributed by atoms with E-state index < -0.39 is 0 Å². The lowest BCUT2D eigenvalue weighted by Gasteiger charge is -2.32. The maximum atomic E-state index is 3.12. The van der Waals surface area contributed by atoms with Crippen LogP contribution in [0.25, 0.3) is 0 Å². The summed E-state index contributed by atoms with van der Waals surface area (Å²) < 4.78 is 0. The predicted octanol–water partition coefficient (Wildman–Crippen LogP) is 5.10. The lowest BCUT2D eigenvalue weighted by molar-refractivity contribution is 0.196. The minimum Gasteiger partial charge on any atom is -0.137 e. The van der Waals surface area contributed by atoms with Gasteiger partial charge in [-0.1, -0.05) is 77.4 Å². The van der Waals surface area contributed by atoms with Crippen molar-refractivity contribution in [3.05, 3.63) is 18.9 Å². The van der Waals surface area contributed by atoms with Gasteiger partial charge < -0.3 is 0 Å². The number of rotatable bonds is 1. The Morgan fingerprint density at radius 2 is 0.867 bits per heavy atom. The number of hydrogen-bond donors (Lipinski definition) is 0. The monoisotopic (exact) mass is 206 g/mol. The maximum Gasteiger partial charge on any atom is -0.0386 e. The van der Waals surface area contributed by atoms with Crippen molar-refractivity contribution in [2.24, 2.45) is 11.8 Å². The third-order valence-corrected chi connectivity index (χ3v) is 3.97. The first-order valence-corrected chi connectivity index (χ1v) is 6.67. The Balaban J connectivity index is 0.000000337. The molecule has 2 rings (SSSR count). The molecule has 0 saturated heterocycles. The van der Waals surface area contributed by atoms with Crippen molar-refractivity contribution in [3.8, 4) is 0 Å². The fourth-order valence-electron chi connectivity index (χ4n) is 3.21. The van der Waals surface area contributed by atoms with E-state index in [0.717, 1.165) is 11.8 Å². The Hall–Kier alpha value is -0.480. The largest absolute Gasteiger partial charge is 0.137 e. The summed E-state index contributed by atoms with van der Waals surface area (Å²) in [5, 5.41) is 0. The van der Waals surface area contributed by atoms with Crippen LogP contribution in [0.2, 0.25) is 0 Å². The first-order chi connectivity index (χ1) is 7.38. The molecule has 0 heterocycles. The third-order valence-electron chi connectivity index (χ3n) is 3.97. The maximum absolute atomic E-state index is 3.12. The molecular weight excluding hydrogens is 180 g/mol. The van der Waals surface area contributed by atoms with Gasteiger partial charge >= 0.3 is 0 Å². The second-order valence-corrected chi connectivity index (χ2v) is 5.05. The van der Waals surface area contributed by atoms with Gasteiger partial charge in [-0.2, -0.15) is 0 Å². The topological polar surface area (TPSA) is 0 Å². The molecule has 0 nitrogen and oxygen atoms in total. The Labute approximate surface area is 95.5 Å². The van der Waals surface area contributed by atoms with Gasteiger partial charge in [0.05, 0.1) is 0 Å². The van der Waals surface area contributed by atoms with Crippen LogP contribution in [0.5, 0.6) is 0 Å². The summed E-state index contributed by atoms with van der Waals surface area (Å²) in [4.78, 5) is 0. The SMILES string of the molecule is C1CCC(C2CCCCC2)CC1.C=C=C. The van der Waals surface area contributed by atoms with Crippen molar-refractivity contribution in [1.82, 2.24) is 0 Å². The summed E-state index contributed by atoms with van der Waals surface area (Å²) in [5.41, 5.74) is 2.25. The predicted molar refractivity (Wildman–Crippen MR) is 67.9 cm³/mol. The quantitative estimate of drug-likeness (QED) is 0.523. The fraction of sp³-hybridized carbons (Fsp3) is 0.800. The molecule has 0 aromatic carbocycles. The average Bonchev–Trinajstić information content (AvgIpc) is 2.32. The minimum atomic E-state index is 1.14. The average molecular weight is 206 g/mol. The van der Waals surface area contributed by atoms with Crippen molar-refractivity contribution in [2.45, 2.75) is 64.2 Å². The molecule has 0 radical (unpaired) electrons. The van der Waals surface area contributed by atoms with E-state index in [0.29, 0.717) is 0 Å². The second-order valence-electron chi connectivity index (χ2n) is 5.05. The van der Waals surface area contributed by atoms with E-state index in [9.17, 15) is 0 Å². The van der Waals surface area contributed by atoms with E-state index in [1.54, 1.807) is 25.7 Å². The van der Waals surface area contributed by atoms with E-state index in [1.165, 1.54) is 38.5 Å². The molecule has 0 atom stereocenters. The van der Waals surface area contributed by atoms with Crippen molar-refractivity contribution in [3.63, 3.8) is 0 Å². The zero-order valence-corrected chi connectivity index (χ0v) is 10.1. The normalized spacial score (nSPS) is 23.7. The fourth-order valence-corrected chi connectivity index (χ4v) is 3.21. The van der Waals surface area contributed by atoms with Gasteiger partial charge in [0.15, 0.2) is 0 Å². The molecule has 0 aromatic heterocycles. The molecule has 15 heavy (non-hydrogen) atoms. The summed E-state index contributed by atoms with van der Waals surface area (Å²) >= 11 is 0. The van der Waals surface area contributed by atoms with Gasteiger partial charge in [0.25, 0.3) is 0 Å². The molecule has 0 aromatic rings. The zero-order chi connectivity index (χ0) is 10.9. The Kier molecular flexibility index (Phi) is 6.52. The van der Waals surface area contributed by atoms with Crippen molar-refractivity contribution in [1.29, 1.82) is 0 Å². The lowest BCUT2D eigenvalue weighted by Crippen LogP contribution is -2.20. The third kappa shape index (κ3) is 4.71. The zero-order valence-electron chi connectivity index (χ0n) is 10.1.